The van der Waals surface area contributed by atoms with Gasteiger partial charge in [-0.25, -0.2) is 19.9 Å². The molecule has 564 valence electrons. The molecule has 2 aromatic heterocycles. The fourth-order valence-electron chi connectivity index (χ4n) is 16.1. The fourth-order valence-corrected chi connectivity index (χ4v) is 16.4. The second kappa shape index (κ2) is 37.1. The number of allylic oxidation sites excluding steroid dienone is 4. The standard InChI is InChI=1S/C43H54N4O4.C28H29BrN4O4.C15H27BO2/c1-5-6-28-7-11-30(12-8-28)31-15-17-32(18-16-31)35-24-44-39(45-25-35)33-13-9-29(10-14-33)23-38(41(49)47-26-36(27-47)42(50)51)46-40(48)34-19-21-37(22-20-34)43(2,3)4;1-28(2,3)21-10-8-19(9-11-21)25(34)32-23(26(35)33-15-20(16-33)27(36)37)12-17-4-6-18(7-5-17)24-30-13-22(29)14-31-24;1-2-3-12-4-6-13(7-5-12)14-8-10-15(11-9-14)16(17)18/h9-10,13-14,17,19-22,24-25,28,30-31,36,38H,5-8,11-12,15-16,18,23,26-27H2,1-4H3,(H,46,48)(H,50,51);4-11,13-14,20,23H,12,15-16H2,1-3H3,(H,32,34)(H,36,37);10,12-14,17-18H,2-9,11H2,1H3/t28?,30?,31?,38-;23-;/m00./s1. The maximum absolute atomic E-state index is 13.5. The van der Waals surface area contributed by atoms with E-state index < -0.39 is 43.0 Å². The lowest BCUT2D eigenvalue weighted by molar-refractivity contribution is -0.155. The van der Waals surface area contributed by atoms with Gasteiger partial charge in [-0.05, 0) is 184 Å². The van der Waals surface area contributed by atoms with Gasteiger partial charge >= 0.3 is 19.1 Å². The zero-order valence-corrected chi connectivity index (χ0v) is 64.9. The van der Waals surface area contributed by atoms with Crippen LogP contribution in [0.5, 0.6) is 0 Å². The molecule has 0 radical (unpaired) electrons. The molecule has 4 aliphatic carbocycles. The summed E-state index contributed by atoms with van der Waals surface area (Å²) in [5.41, 5.74) is 9.76. The molecule has 2 saturated heterocycles. The molecule has 12 rings (SSSR count). The molecule has 0 bridgehead atoms. The van der Waals surface area contributed by atoms with Gasteiger partial charge in [0, 0.05) is 91.6 Å². The lowest BCUT2D eigenvalue weighted by Gasteiger charge is -2.39. The molecule has 106 heavy (non-hydrogen) atoms. The topological polar surface area (TPSA) is 265 Å². The maximum Gasteiger partial charge on any atom is 0.483 e. The third-order valence-electron chi connectivity index (χ3n) is 23.0. The smallest absolute Gasteiger partial charge is 0.481 e. The number of carbonyl (C=O) groups excluding carboxylic acids is 4. The Labute approximate surface area is 635 Å². The molecule has 6 aromatic rings. The van der Waals surface area contributed by atoms with Crippen molar-refractivity contribution in [3.8, 4) is 22.8 Å². The summed E-state index contributed by atoms with van der Waals surface area (Å²) in [4.78, 5) is 96.8. The monoisotopic (exact) mass is 1500 g/mol. The van der Waals surface area contributed by atoms with Gasteiger partial charge < -0.3 is 40.7 Å². The van der Waals surface area contributed by atoms with Crippen LogP contribution in [-0.2, 0) is 42.8 Å². The average molecular weight is 1510 g/mol. The van der Waals surface area contributed by atoms with E-state index in [9.17, 15) is 39.0 Å². The first-order valence-electron chi connectivity index (χ1n) is 38.8. The minimum atomic E-state index is -1.22. The molecule has 6 aliphatic rings. The molecule has 2 aliphatic heterocycles. The SMILES string of the molecule is CC(C)(C)c1ccc(C(=O)N[C@@H](Cc2ccc(-c3ncc(Br)cn3)cc2)C(=O)N2CC(C(=O)O)C2)cc1.CCCC1CCC(C2CC=C(B(O)O)CC2)CC1.CCCC1CCC(C2CC=C(c3cnc(-c4ccc(C[C@H](NC(=O)c5ccc(C(C)(C)C)cc5)C(=O)N5CC(C(=O)O)C5)cc4)nc3)CC2)CC1. The van der Waals surface area contributed by atoms with E-state index in [0.717, 1.165) is 117 Å². The average Bonchev–Trinajstić information content (AvgIpc) is 0.808. The van der Waals surface area contributed by atoms with Gasteiger partial charge in [0.1, 0.15) is 12.1 Å². The molecule has 2 saturated carbocycles. The number of rotatable bonds is 22. The summed E-state index contributed by atoms with van der Waals surface area (Å²) in [6, 6.07) is 28.4. The van der Waals surface area contributed by atoms with E-state index in [4.69, 9.17) is 20.0 Å². The molecule has 4 aromatic carbocycles. The summed E-state index contributed by atoms with van der Waals surface area (Å²) in [6.07, 6.45) is 35.6. The highest BCUT2D eigenvalue weighted by molar-refractivity contribution is 9.10. The van der Waals surface area contributed by atoms with E-state index >= 15 is 0 Å². The predicted molar refractivity (Wildman–Crippen MR) is 420 cm³/mol. The molecule has 4 atom stereocenters. The van der Waals surface area contributed by atoms with E-state index in [2.05, 4.69) is 104 Å². The van der Waals surface area contributed by atoms with Crippen LogP contribution in [0.3, 0.4) is 0 Å². The van der Waals surface area contributed by atoms with E-state index in [1.807, 2.05) is 85.2 Å². The first kappa shape index (κ1) is 80.3. The maximum atomic E-state index is 13.5. The summed E-state index contributed by atoms with van der Waals surface area (Å²) < 4.78 is 0.786. The van der Waals surface area contributed by atoms with E-state index in [1.165, 1.54) is 98.8 Å². The summed E-state index contributed by atoms with van der Waals surface area (Å²) in [5.74, 6) is 2.30. The van der Waals surface area contributed by atoms with Crippen molar-refractivity contribution in [3.05, 3.63) is 183 Å². The largest absolute Gasteiger partial charge is 0.483 e. The zero-order valence-electron chi connectivity index (χ0n) is 63.3. The Morgan fingerprint density at radius 1 is 0.491 bits per heavy atom. The molecule has 6 N–H and O–H groups in total. The van der Waals surface area contributed by atoms with E-state index in [1.54, 1.807) is 36.7 Å². The van der Waals surface area contributed by atoms with Crippen molar-refractivity contribution < 1.29 is 49.0 Å². The molecule has 4 fully saturated rings. The Morgan fingerprint density at radius 2 is 0.868 bits per heavy atom. The van der Waals surface area contributed by atoms with Gasteiger partial charge in [-0.1, -0.05) is 192 Å². The lowest BCUT2D eigenvalue weighted by atomic mass is 9.66. The van der Waals surface area contributed by atoms with Gasteiger partial charge in [0.05, 0.1) is 16.3 Å². The molecule has 2 unspecified atom stereocenters. The summed E-state index contributed by atoms with van der Waals surface area (Å²) in [6.45, 7) is 17.8. The van der Waals surface area contributed by atoms with Crippen molar-refractivity contribution in [3.63, 3.8) is 0 Å². The van der Waals surface area contributed by atoms with Crippen LogP contribution < -0.4 is 10.6 Å². The van der Waals surface area contributed by atoms with Gasteiger partial charge in [-0.2, -0.15) is 0 Å². The molecular weight excluding hydrogens is 1400 g/mol. The van der Waals surface area contributed by atoms with Crippen molar-refractivity contribution in [2.24, 2.45) is 47.3 Å². The number of halogens is 1. The van der Waals surface area contributed by atoms with Crippen molar-refractivity contribution in [2.45, 2.75) is 207 Å². The summed E-state index contributed by atoms with van der Waals surface area (Å²) in [5, 5.41) is 42.7. The number of nitrogens with zero attached hydrogens (tertiary/aromatic N) is 6. The predicted octanol–water partition coefficient (Wildman–Crippen LogP) is 15.5. The minimum Gasteiger partial charge on any atom is -0.481 e. The van der Waals surface area contributed by atoms with Crippen molar-refractivity contribution in [1.82, 2.24) is 40.4 Å². The Morgan fingerprint density at radius 3 is 1.20 bits per heavy atom. The van der Waals surface area contributed by atoms with Gasteiger partial charge in [0.25, 0.3) is 11.8 Å². The molecule has 4 amide bonds. The van der Waals surface area contributed by atoms with Crippen molar-refractivity contribution in [2.75, 3.05) is 26.2 Å². The van der Waals surface area contributed by atoms with Crippen molar-refractivity contribution >= 4 is 64.2 Å². The zero-order chi connectivity index (χ0) is 75.8. The van der Waals surface area contributed by atoms with Crippen LogP contribution in [0.4, 0.5) is 0 Å². The number of likely N-dealkylation sites (tertiary alicyclic amines) is 2. The Balaban J connectivity index is 0.000000190. The number of hydrogen-bond donors (Lipinski definition) is 6. The number of carbonyl (C=O) groups is 6. The van der Waals surface area contributed by atoms with Gasteiger partial charge in [-0.3, -0.25) is 28.8 Å². The van der Waals surface area contributed by atoms with E-state index in [-0.39, 0.29) is 73.5 Å². The minimum absolute atomic E-state index is 0.0425. The Bertz CT molecular complexity index is 3980. The fraction of sp³-hybridized carbons (Fsp3) is 0.512. The Hall–Kier alpha value is -8.20. The third kappa shape index (κ3) is 22.0. The first-order chi connectivity index (χ1) is 50.7. The number of hydrogen-bond acceptors (Lipinski definition) is 12. The van der Waals surface area contributed by atoms with Crippen LogP contribution in [0.25, 0.3) is 28.3 Å². The highest BCUT2D eigenvalue weighted by Crippen LogP contribution is 2.43. The first-order valence-corrected chi connectivity index (χ1v) is 39.6. The second-order valence-electron chi connectivity index (χ2n) is 32.7. The number of carboxylic acids is 2. The van der Waals surface area contributed by atoms with Crippen LogP contribution in [0.1, 0.15) is 219 Å². The number of benzene rings is 4. The number of amides is 4. The Kier molecular flexibility index (Phi) is 28.1. The van der Waals surface area contributed by atoms with Gasteiger partial charge in [0.15, 0.2) is 11.6 Å². The van der Waals surface area contributed by atoms with Crippen LogP contribution in [0.15, 0.2) is 144 Å². The summed E-state index contributed by atoms with van der Waals surface area (Å²) in [7, 11) is -1.22. The lowest BCUT2D eigenvalue weighted by Crippen LogP contribution is -2.59. The highest BCUT2D eigenvalue weighted by atomic mass is 79.9. The number of carboxylic acid groups (broad SMARTS) is 2. The van der Waals surface area contributed by atoms with Crippen LogP contribution in [0, 0.1) is 47.3 Å². The summed E-state index contributed by atoms with van der Waals surface area (Å²) >= 11 is 3.32. The van der Waals surface area contributed by atoms with Crippen LogP contribution in [0.2, 0.25) is 0 Å². The number of aromatic nitrogens is 4. The van der Waals surface area contributed by atoms with Crippen LogP contribution in [-0.4, -0.2) is 131 Å². The number of nitrogens with one attached hydrogen (secondary N) is 2. The molecular formula is C86H110BBrN8O10. The van der Waals surface area contributed by atoms with Crippen molar-refractivity contribution in [1.29, 1.82) is 0 Å². The molecule has 20 heteroatoms. The highest BCUT2D eigenvalue weighted by Gasteiger charge is 2.41. The quantitative estimate of drug-likeness (QED) is 0.0345. The molecule has 18 nitrogen and oxygen atoms in total. The van der Waals surface area contributed by atoms with Crippen LogP contribution >= 0.6 is 15.9 Å². The molecule has 0 spiro atoms. The van der Waals surface area contributed by atoms with Gasteiger partial charge in [0.2, 0.25) is 11.8 Å². The normalized spacial score (nSPS) is 21.1. The van der Waals surface area contributed by atoms with Gasteiger partial charge in [-0.15, -0.1) is 0 Å². The third-order valence-corrected chi connectivity index (χ3v) is 23.5. The second-order valence-corrected chi connectivity index (χ2v) is 33.6. The van der Waals surface area contributed by atoms with E-state index in [0.29, 0.717) is 22.8 Å². The number of aliphatic carboxylic acids is 2. The molecule has 4 heterocycles.